The molecular weight excluding hydrogens is 493 g/mol. The van der Waals surface area contributed by atoms with Gasteiger partial charge in [0, 0.05) is 42.1 Å². The van der Waals surface area contributed by atoms with Gasteiger partial charge in [-0.1, -0.05) is 91.0 Å². The van der Waals surface area contributed by atoms with Crippen LogP contribution in [0.4, 0.5) is 17.1 Å². The van der Waals surface area contributed by atoms with Crippen LogP contribution in [0.2, 0.25) is 0 Å². The van der Waals surface area contributed by atoms with Crippen molar-refractivity contribution in [2.24, 2.45) is 0 Å². The fourth-order valence-corrected chi connectivity index (χ4v) is 6.42. The lowest BCUT2D eigenvalue weighted by atomic mass is 10.1. The molecule has 0 aliphatic carbocycles. The van der Waals surface area contributed by atoms with Crippen molar-refractivity contribution in [3.05, 3.63) is 152 Å². The topological polar surface area (TPSA) is 21.1 Å². The van der Waals surface area contributed by atoms with Gasteiger partial charge in [0.05, 0.1) is 22.2 Å². The Kier molecular flexibility index (Phi) is 6.13. The third kappa shape index (κ3) is 4.48. The Morgan fingerprint density at radius 3 is 1.67 bits per heavy atom. The molecule has 0 fully saturated rings. The molecule has 7 aromatic rings. The Labute approximate surface area is 229 Å². The van der Waals surface area contributed by atoms with Crippen LogP contribution in [0.15, 0.2) is 152 Å². The highest BCUT2D eigenvalue weighted by molar-refractivity contribution is 7.45. The number of para-hydroxylation sites is 4. The molecule has 0 bridgehead atoms. The van der Waals surface area contributed by atoms with Gasteiger partial charge in [0.1, 0.15) is 0 Å². The number of benzene rings is 5. The van der Waals surface area contributed by atoms with Crippen molar-refractivity contribution in [2.45, 2.75) is 0 Å². The molecule has 0 aliphatic heterocycles. The highest BCUT2D eigenvalue weighted by Crippen LogP contribution is 2.37. The lowest BCUT2D eigenvalue weighted by Crippen LogP contribution is -2.10. The third-order valence-electron chi connectivity index (χ3n) is 6.98. The van der Waals surface area contributed by atoms with E-state index in [1.807, 2.05) is 0 Å². The lowest BCUT2D eigenvalue weighted by Gasteiger charge is -2.25. The second-order valence-corrected chi connectivity index (χ2v) is 10.6. The molecule has 0 aliphatic rings. The molecule has 3 nitrogen and oxygen atoms in total. The Bertz CT molecular complexity index is 1800. The highest BCUT2D eigenvalue weighted by atomic mass is 31.1. The predicted octanol–water partition coefficient (Wildman–Crippen LogP) is 9.09. The molecule has 2 aromatic heterocycles. The second-order valence-electron chi connectivity index (χ2n) is 9.45. The average molecular weight is 520 g/mol. The molecular formula is C35H26N3P. The molecule has 0 N–H and O–H groups in total. The molecule has 39 heavy (non-hydrogen) atoms. The first-order valence-corrected chi connectivity index (χ1v) is 14.0. The molecule has 1 unspecified atom stereocenters. The summed E-state index contributed by atoms with van der Waals surface area (Å²) in [5, 5.41) is 2.57. The van der Waals surface area contributed by atoms with E-state index < -0.39 is 0 Å². The van der Waals surface area contributed by atoms with Crippen molar-refractivity contribution in [3.8, 4) is 11.3 Å². The zero-order valence-electron chi connectivity index (χ0n) is 21.3. The minimum absolute atomic E-state index is 0.393. The molecule has 186 valence electrons. The van der Waals surface area contributed by atoms with Gasteiger partial charge in [0.15, 0.2) is 0 Å². The van der Waals surface area contributed by atoms with Crippen molar-refractivity contribution in [1.82, 2.24) is 9.32 Å². The van der Waals surface area contributed by atoms with E-state index in [9.17, 15) is 0 Å². The van der Waals surface area contributed by atoms with E-state index in [2.05, 4.69) is 161 Å². The zero-order chi connectivity index (χ0) is 26.0. The third-order valence-corrected chi connectivity index (χ3v) is 8.20. The number of hydrogen-bond donors (Lipinski definition) is 0. The quantitative estimate of drug-likeness (QED) is 0.204. The number of pyridine rings is 1. The maximum atomic E-state index is 5.15. The predicted molar refractivity (Wildman–Crippen MR) is 167 cm³/mol. The summed E-state index contributed by atoms with van der Waals surface area (Å²) in [5.74, 6) is 0. The van der Waals surface area contributed by atoms with Crippen molar-refractivity contribution in [3.63, 3.8) is 0 Å². The molecule has 0 saturated carbocycles. The molecule has 0 saturated heterocycles. The summed E-state index contributed by atoms with van der Waals surface area (Å²) in [5.41, 5.74) is 8.96. The number of aromatic nitrogens is 2. The lowest BCUT2D eigenvalue weighted by molar-refractivity contribution is 1.28. The summed E-state index contributed by atoms with van der Waals surface area (Å²) in [6, 6.07) is 53.3. The SMILES string of the molecule is c1ccc(N(c2ccccc2)c2cccc(-c3cccc(Pn4c5ccccc5c5ccccc54)n3)c2)cc1. The van der Waals surface area contributed by atoms with Gasteiger partial charge in [-0.15, -0.1) is 0 Å². The summed E-state index contributed by atoms with van der Waals surface area (Å²) in [4.78, 5) is 7.44. The first kappa shape index (κ1) is 23.4. The Hall–Kier alpha value is -4.72. The molecule has 0 radical (unpaired) electrons. The van der Waals surface area contributed by atoms with Gasteiger partial charge in [-0.2, -0.15) is 0 Å². The Balaban J connectivity index is 1.28. The van der Waals surface area contributed by atoms with Crippen LogP contribution < -0.4 is 10.3 Å². The average Bonchev–Trinajstić information content (AvgIpc) is 3.32. The van der Waals surface area contributed by atoms with Crippen molar-refractivity contribution >= 4 is 53.0 Å². The van der Waals surface area contributed by atoms with E-state index >= 15 is 0 Å². The van der Waals surface area contributed by atoms with Crippen molar-refractivity contribution in [1.29, 1.82) is 0 Å². The van der Waals surface area contributed by atoms with Gasteiger partial charge in [-0.25, -0.2) is 4.98 Å². The van der Waals surface area contributed by atoms with Gasteiger partial charge in [0.25, 0.3) is 0 Å². The van der Waals surface area contributed by atoms with Crippen LogP contribution in [-0.4, -0.2) is 9.32 Å². The number of hydrogen-bond acceptors (Lipinski definition) is 2. The minimum Gasteiger partial charge on any atom is -0.316 e. The first-order chi connectivity index (χ1) is 19.3. The molecule has 1 atom stereocenters. The van der Waals surface area contributed by atoms with E-state index in [0.717, 1.165) is 33.8 Å². The summed E-state index contributed by atoms with van der Waals surface area (Å²) in [6.45, 7) is 0. The minimum atomic E-state index is 0.393. The van der Waals surface area contributed by atoms with Crippen LogP contribution in [-0.2, 0) is 0 Å². The smallest absolute Gasteiger partial charge is 0.0818 e. The van der Waals surface area contributed by atoms with E-state index in [1.165, 1.54) is 21.8 Å². The zero-order valence-corrected chi connectivity index (χ0v) is 22.3. The highest BCUT2D eigenvalue weighted by Gasteiger charge is 2.14. The fourth-order valence-electron chi connectivity index (χ4n) is 5.22. The Morgan fingerprint density at radius 2 is 1.03 bits per heavy atom. The van der Waals surface area contributed by atoms with Gasteiger partial charge in [0.2, 0.25) is 0 Å². The summed E-state index contributed by atoms with van der Waals surface area (Å²) in [7, 11) is 0.393. The van der Waals surface area contributed by atoms with Crippen LogP contribution in [0.3, 0.4) is 0 Å². The summed E-state index contributed by atoms with van der Waals surface area (Å²) in [6.07, 6.45) is 0. The Morgan fingerprint density at radius 1 is 0.487 bits per heavy atom. The van der Waals surface area contributed by atoms with E-state index in [0.29, 0.717) is 8.73 Å². The molecule has 4 heteroatoms. The van der Waals surface area contributed by atoms with Crippen LogP contribution in [0, 0.1) is 0 Å². The van der Waals surface area contributed by atoms with Gasteiger partial charge >= 0.3 is 0 Å². The normalized spacial score (nSPS) is 11.5. The van der Waals surface area contributed by atoms with Crippen molar-refractivity contribution in [2.75, 3.05) is 4.90 Å². The number of nitrogens with zero attached hydrogens (tertiary/aromatic N) is 3. The number of fused-ring (bicyclic) bond motifs is 3. The molecule has 2 heterocycles. The van der Waals surface area contributed by atoms with Crippen LogP contribution >= 0.6 is 8.73 Å². The second kappa shape index (κ2) is 10.2. The van der Waals surface area contributed by atoms with Crippen LogP contribution in [0.1, 0.15) is 0 Å². The van der Waals surface area contributed by atoms with Gasteiger partial charge in [-0.05, 0) is 60.7 Å². The van der Waals surface area contributed by atoms with Gasteiger partial charge in [-0.3, -0.25) is 0 Å². The molecule has 0 amide bonds. The standard InChI is InChI=1S/C35H26N3P/c1-3-14-27(15-4-1)37(28-16-5-2-6-17-28)29-18-11-13-26(25-29)32-21-12-24-35(36-32)39-38-33-22-9-7-19-30(33)31-20-8-10-23-34(31)38/h1-25,39H. The monoisotopic (exact) mass is 519 g/mol. The maximum absolute atomic E-state index is 5.15. The van der Waals surface area contributed by atoms with E-state index in [4.69, 9.17) is 4.98 Å². The molecule has 5 aromatic carbocycles. The largest absolute Gasteiger partial charge is 0.316 e. The van der Waals surface area contributed by atoms with Crippen LogP contribution in [0.5, 0.6) is 0 Å². The van der Waals surface area contributed by atoms with E-state index in [-0.39, 0.29) is 0 Å². The first-order valence-electron chi connectivity index (χ1n) is 13.1. The summed E-state index contributed by atoms with van der Waals surface area (Å²) < 4.78 is 2.40. The number of rotatable bonds is 6. The molecule has 0 spiro atoms. The van der Waals surface area contributed by atoms with Crippen LogP contribution in [0.25, 0.3) is 33.1 Å². The fraction of sp³-hybridized carbons (Fsp3) is 0. The molecule has 7 rings (SSSR count). The summed E-state index contributed by atoms with van der Waals surface area (Å²) >= 11 is 0. The maximum Gasteiger partial charge on any atom is 0.0818 e. The van der Waals surface area contributed by atoms with E-state index in [1.54, 1.807) is 0 Å². The van der Waals surface area contributed by atoms with Crippen molar-refractivity contribution < 1.29 is 0 Å². The number of anilines is 3. The van der Waals surface area contributed by atoms with Gasteiger partial charge < -0.3 is 9.24 Å².